The highest BCUT2D eigenvalue weighted by Crippen LogP contribution is 2.08. The molecular formula is C13H19N3O2S. The van der Waals surface area contributed by atoms with Crippen LogP contribution in [0.15, 0.2) is 17.5 Å². The van der Waals surface area contributed by atoms with Crippen molar-refractivity contribution < 1.29 is 9.59 Å². The van der Waals surface area contributed by atoms with Crippen molar-refractivity contribution in [2.75, 3.05) is 13.1 Å². The zero-order valence-corrected chi connectivity index (χ0v) is 11.6. The van der Waals surface area contributed by atoms with Crippen LogP contribution in [0, 0.1) is 0 Å². The number of rotatable bonds is 4. The van der Waals surface area contributed by atoms with E-state index in [1.54, 1.807) is 11.3 Å². The molecule has 3 amide bonds. The summed E-state index contributed by atoms with van der Waals surface area (Å²) in [7, 11) is 0. The van der Waals surface area contributed by atoms with Crippen LogP contribution in [0.2, 0.25) is 0 Å². The lowest BCUT2D eigenvalue weighted by Crippen LogP contribution is -2.49. The van der Waals surface area contributed by atoms with E-state index < -0.39 is 6.04 Å². The number of nitrogens with one attached hydrogen (secondary N) is 3. The van der Waals surface area contributed by atoms with E-state index in [0.29, 0.717) is 19.5 Å². The molecule has 0 aliphatic carbocycles. The molecule has 1 aliphatic heterocycles. The quantitative estimate of drug-likeness (QED) is 0.777. The van der Waals surface area contributed by atoms with Crippen LogP contribution in [0.25, 0.3) is 0 Å². The molecule has 0 aromatic carbocycles. The first-order chi connectivity index (χ1) is 9.25. The first-order valence-corrected chi connectivity index (χ1v) is 7.48. The summed E-state index contributed by atoms with van der Waals surface area (Å²) in [5.41, 5.74) is 0. The van der Waals surface area contributed by atoms with Gasteiger partial charge in [0.15, 0.2) is 0 Å². The largest absolute Gasteiger partial charge is 0.354 e. The minimum atomic E-state index is -0.399. The lowest BCUT2D eigenvalue weighted by Gasteiger charge is -2.15. The van der Waals surface area contributed by atoms with Crippen molar-refractivity contribution in [1.29, 1.82) is 0 Å². The molecule has 6 heteroatoms. The second kappa shape index (κ2) is 7.13. The van der Waals surface area contributed by atoms with Crippen molar-refractivity contribution in [3.05, 3.63) is 22.4 Å². The van der Waals surface area contributed by atoms with Gasteiger partial charge in [0, 0.05) is 18.0 Å². The van der Waals surface area contributed by atoms with Gasteiger partial charge in [0.05, 0.1) is 0 Å². The number of carbonyl (C=O) groups is 2. The number of urea groups is 1. The summed E-state index contributed by atoms with van der Waals surface area (Å²) in [6, 6.07) is 3.38. The van der Waals surface area contributed by atoms with Gasteiger partial charge in [-0.15, -0.1) is 11.3 Å². The zero-order valence-electron chi connectivity index (χ0n) is 10.8. The Labute approximate surface area is 116 Å². The highest BCUT2D eigenvalue weighted by atomic mass is 32.1. The van der Waals surface area contributed by atoms with Crippen molar-refractivity contribution in [1.82, 2.24) is 16.0 Å². The standard InChI is InChI=1S/C13H19N3O2S/c17-12-11(5-1-2-7-14-12)16-13(18)15-8-6-10-4-3-9-19-10/h3-4,9,11H,1-2,5-8H2,(H,14,17)(H2,15,16,18)/t11-/m0/s1. The molecule has 1 aromatic rings. The molecule has 5 nitrogen and oxygen atoms in total. The van der Waals surface area contributed by atoms with Crippen LogP contribution in [0.5, 0.6) is 0 Å². The van der Waals surface area contributed by atoms with Gasteiger partial charge in [-0.05, 0) is 37.1 Å². The Balaban J connectivity index is 1.69. The van der Waals surface area contributed by atoms with Crippen LogP contribution in [0.3, 0.4) is 0 Å². The highest BCUT2D eigenvalue weighted by molar-refractivity contribution is 7.09. The van der Waals surface area contributed by atoms with Crippen molar-refractivity contribution in [2.45, 2.75) is 31.7 Å². The van der Waals surface area contributed by atoms with Crippen LogP contribution in [-0.4, -0.2) is 31.1 Å². The molecule has 2 heterocycles. The van der Waals surface area contributed by atoms with E-state index in [9.17, 15) is 9.59 Å². The van der Waals surface area contributed by atoms with Gasteiger partial charge in [-0.25, -0.2) is 4.79 Å². The molecule has 3 N–H and O–H groups in total. The minimum absolute atomic E-state index is 0.0779. The molecule has 0 spiro atoms. The molecule has 0 saturated carbocycles. The Hall–Kier alpha value is -1.56. The number of thiophene rings is 1. The minimum Gasteiger partial charge on any atom is -0.354 e. The first-order valence-electron chi connectivity index (χ1n) is 6.60. The second-order valence-electron chi connectivity index (χ2n) is 4.57. The fourth-order valence-corrected chi connectivity index (χ4v) is 2.75. The van der Waals surface area contributed by atoms with E-state index >= 15 is 0 Å². The maximum Gasteiger partial charge on any atom is 0.315 e. The Morgan fingerprint density at radius 3 is 3.16 bits per heavy atom. The summed E-state index contributed by atoms with van der Waals surface area (Å²) in [4.78, 5) is 24.6. The van der Waals surface area contributed by atoms with Gasteiger partial charge < -0.3 is 16.0 Å². The van der Waals surface area contributed by atoms with Crippen LogP contribution < -0.4 is 16.0 Å². The molecule has 1 saturated heterocycles. The molecule has 19 heavy (non-hydrogen) atoms. The molecule has 1 atom stereocenters. The Kier molecular flexibility index (Phi) is 5.20. The first kappa shape index (κ1) is 13.9. The number of carbonyl (C=O) groups excluding carboxylic acids is 2. The van der Waals surface area contributed by atoms with Gasteiger partial charge in [0.1, 0.15) is 6.04 Å². The van der Waals surface area contributed by atoms with Gasteiger partial charge in [-0.1, -0.05) is 6.07 Å². The van der Waals surface area contributed by atoms with E-state index in [4.69, 9.17) is 0 Å². The fourth-order valence-electron chi connectivity index (χ4n) is 2.04. The Morgan fingerprint density at radius 2 is 2.37 bits per heavy atom. The van der Waals surface area contributed by atoms with E-state index in [1.165, 1.54) is 4.88 Å². The number of hydrogen-bond acceptors (Lipinski definition) is 3. The van der Waals surface area contributed by atoms with Crippen molar-refractivity contribution in [2.24, 2.45) is 0 Å². The molecule has 0 unspecified atom stereocenters. The average molecular weight is 281 g/mol. The van der Waals surface area contributed by atoms with Crippen LogP contribution in [0.4, 0.5) is 4.79 Å². The summed E-state index contributed by atoms with van der Waals surface area (Å²) < 4.78 is 0. The predicted octanol–water partition coefficient (Wildman–Crippen LogP) is 1.26. The van der Waals surface area contributed by atoms with Gasteiger partial charge >= 0.3 is 6.03 Å². The lowest BCUT2D eigenvalue weighted by molar-refractivity contribution is -0.122. The molecule has 1 fully saturated rings. The average Bonchev–Trinajstić information content (AvgIpc) is 2.82. The third-order valence-corrected chi connectivity index (χ3v) is 4.01. The van der Waals surface area contributed by atoms with Crippen molar-refractivity contribution in [3.8, 4) is 0 Å². The molecule has 0 radical (unpaired) electrons. The smallest absolute Gasteiger partial charge is 0.315 e. The third kappa shape index (κ3) is 4.55. The van der Waals surface area contributed by atoms with E-state index in [0.717, 1.165) is 19.3 Å². The zero-order chi connectivity index (χ0) is 13.5. The molecule has 1 aliphatic rings. The van der Waals surface area contributed by atoms with Crippen LogP contribution in [0.1, 0.15) is 24.1 Å². The summed E-state index contributed by atoms with van der Waals surface area (Å²) in [5, 5.41) is 10.3. The normalized spacial score (nSPS) is 19.4. The van der Waals surface area contributed by atoms with Gasteiger partial charge in [0.2, 0.25) is 5.91 Å². The predicted molar refractivity (Wildman–Crippen MR) is 75.2 cm³/mol. The van der Waals surface area contributed by atoms with E-state index in [-0.39, 0.29) is 11.9 Å². The number of amides is 3. The van der Waals surface area contributed by atoms with Gasteiger partial charge in [-0.3, -0.25) is 4.79 Å². The lowest BCUT2D eigenvalue weighted by atomic mass is 10.1. The van der Waals surface area contributed by atoms with Gasteiger partial charge in [-0.2, -0.15) is 0 Å². The second-order valence-corrected chi connectivity index (χ2v) is 5.60. The number of hydrogen-bond donors (Lipinski definition) is 3. The SMILES string of the molecule is O=C(NCCc1cccs1)N[C@H]1CCCCNC1=O. The maximum atomic E-state index is 11.7. The monoisotopic (exact) mass is 281 g/mol. The molecule has 104 valence electrons. The summed E-state index contributed by atoms with van der Waals surface area (Å²) in [6.45, 7) is 1.29. The Morgan fingerprint density at radius 1 is 1.47 bits per heavy atom. The Bertz CT molecular complexity index is 420. The van der Waals surface area contributed by atoms with E-state index in [2.05, 4.69) is 16.0 Å². The summed E-state index contributed by atoms with van der Waals surface area (Å²) in [6.07, 6.45) is 3.47. The molecule has 2 rings (SSSR count). The van der Waals surface area contributed by atoms with Crippen molar-refractivity contribution >= 4 is 23.3 Å². The van der Waals surface area contributed by atoms with Gasteiger partial charge in [0.25, 0.3) is 0 Å². The molecule has 0 bridgehead atoms. The summed E-state index contributed by atoms with van der Waals surface area (Å²) in [5.74, 6) is -0.0779. The van der Waals surface area contributed by atoms with E-state index in [1.807, 2.05) is 17.5 Å². The van der Waals surface area contributed by atoms with Crippen LogP contribution in [-0.2, 0) is 11.2 Å². The maximum absolute atomic E-state index is 11.7. The molecule has 1 aromatic heterocycles. The van der Waals surface area contributed by atoms with Crippen LogP contribution >= 0.6 is 11.3 Å². The highest BCUT2D eigenvalue weighted by Gasteiger charge is 2.21. The fraction of sp³-hybridized carbons (Fsp3) is 0.538. The van der Waals surface area contributed by atoms with Crippen molar-refractivity contribution in [3.63, 3.8) is 0 Å². The molecular weight excluding hydrogens is 262 g/mol. The topological polar surface area (TPSA) is 70.2 Å². The summed E-state index contributed by atoms with van der Waals surface area (Å²) >= 11 is 1.68. The third-order valence-electron chi connectivity index (χ3n) is 3.08.